The fourth-order valence-corrected chi connectivity index (χ4v) is 27.8. The summed E-state index contributed by atoms with van der Waals surface area (Å²) >= 11 is 0. The Balaban J connectivity index is 3.98. The molecule has 152 valence electrons. The topological polar surface area (TPSA) is 0 Å². The maximum absolute atomic E-state index is 2.71. The van der Waals surface area contributed by atoms with Gasteiger partial charge >= 0.3 is 0 Å². The average Bonchev–Trinajstić information content (AvgIpc) is 2.17. The van der Waals surface area contributed by atoms with Crippen LogP contribution in [0.3, 0.4) is 0 Å². The van der Waals surface area contributed by atoms with Gasteiger partial charge in [0.05, 0.1) is 15.7 Å². The molecule has 0 aromatic rings. The first-order chi connectivity index (χ1) is 11.0. The van der Waals surface area contributed by atoms with Gasteiger partial charge in [-0.3, -0.25) is 0 Å². The van der Waals surface area contributed by atoms with E-state index in [2.05, 4.69) is 109 Å². The van der Waals surface area contributed by atoms with Crippen LogP contribution in [0, 0.1) is 10.8 Å². The molecular weight excluding hydrogens is 361 g/mol. The predicted octanol–water partition coefficient (Wildman–Crippen LogP) is 7.81. The Hall–Kier alpha value is 0.261. The quantitative estimate of drug-likeness (QED) is 0.408. The molecule has 0 unspecified atom stereocenters. The predicted molar refractivity (Wildman–Crippen MR) is 131 cm³/mol. The van der Waals surface area contributed by atoms with Crippen molar-refractivity contribution < 1.29 is 0 Å². The average molecular weight is 409 g/mol. The largest absolute Gasteiger partial charge is 0.0806 e. The molecular formula is C23H48Si3. The van der Waals surface area contributed by atoms with Crippen LogP contribution in [-0.2, 0) is 0 Å². The van der Waals surface area contributed by atoms with Crippen LogP contribution in [0.25, 0.3) is 0 Å². The minimum Gasteiger partial charge on any atom is -0.0722 e. The van der Waals surface area contributed by atoms with E-state index in [1.165, 1.54) is 0 Å². The highest BCUT2D eigenvalue weighted by Gasteiger charge is 2.56. The van der Waals surface area contributed by atoms with Crippen molar-refractivity contribution in [3.63, 3.8) is 0 Å². The van der Waals surface area contributed by atoms with E-state index >= 15 is 0 Å². The van der Waals surface area contributed by atoms with Gasteiger partial charge in [-0.2, -0.15) is 0 Å². The summed E-state index contributed by atoms with van der Waals surface area (Å²) in [6, 6.07) is 0. The van der Waals surface area contributed by atoms with Crippen LogP contribution in [0.4, 0.5) is 0 Å². The van der Waals surface area contributed by atoms with E-state index < -0.39 is 23.6 Å². The molecule has 3 heteroatoms. The SMILES string of the molecule is CC(C)(C)C1=C(C(C)(C)C)[Si]([Si](C)(C)C(C)(C)C)=C1[Si](C)(C)C(C)(C)C. The lowest BCUT2D eigenvalue weighted by Gasteiger charge is -2.57. The second kappa shape index (κ2) is 6.38. The van der Waals surface area contributed by atoms with Crippen molar-refractivity contribution in [1.82, 2.24) is 0 Å². The Morgan fingerprint density at radius 2 is 0.962 bits per heavy atom. The van der Waals surface area contributed by atoms with Crippen molar-refractivity contribution in [2.75, 3.05) is 0 Å². The zero-order chi connectivity index (χ0) is 21.3. The van der Waals surface area contributed by atoms with Crippen LogP contribution in [0.1, 0.15) is 83.1 Å². The Bertz CT molecular complexity index is 575. The molecule has 0 aliphatic carbocycles. The minimum atomic E-state index is -1.53. The van der Waals surface area contributed by atoms with Crippen LogP contribution in [-0.4, -0.2) is 28.4 Å². The van der Waals surface area contributed by atoms with Crippen molar-refractivity contribution in [3.05, 3.63) is 10.8 Å². The molecule has 0 bridgehead atoms. The van der Waals surface area contributed by atoms with E-state index in [0.29, 0.717) is 15.5 Å². The van der Waals surface area contributed by atoms with Gasteiger partial charge in [-0.05, 0) is 26.5 Å². The molecule has 0 fully saturated rings. The standard InChI is InChI=1S/C23H48Si3/c1-20(2,3)17-18(21(4,5)6)24(26(15,16)23(10,11)12)19(17)25(13,14)22(7,8)9/h1-16H3. The van der Waals surface area contributed by atoms with Gasteiger partial charge in [0.15, 0.2) is 0 Å². The Morgan fingerprint density at radius 3 is 1.19 bits per heavy atom. The van der Waals surface area contributed by atoms with Crippen molar-refractivity contribution in [1.29, 1.82) is 0 Å². The van der Waals surface area contributed by atoms with Crippen LogP contribution < -0.4 is 0 Å². The number of hydrogen-bond donors (Lipinski definition) is 0. The van der Waals surface area contributed by atoms with Crippen LogP contribution in [0.2, 0.25) is 36.3 Å². The Labute approximate surface area is 169 Å². The Kier molecular flexibility index (Phi) is 5.97. The summed E-state index contributed by atoms with van der Waals surface area (Å²) in [5.41, 5.74) is 2.37. The van der Waals surface area contributed by atoms with Crippen LogP contribution in [0.5, 0.6) is 0 Å². The van der Waals surface area contributed by atoms with E-state index in [1.807, 2.05) is 9.99 Å². The summed E-state index contributed by atoms with van der Waals surface area (Å²) in [5.74, 6) is 0. The highest BCUT2D eigenvalue weighted by atomic mass is 29.2. The van der Waals surface area contributed by atoms with Gasteiger partial charge in [0.1, 0.15) is 0 Å². The molecule has 0 N–H and O–H groups in total. The first-order valence-corrected chi connectivity index (χ1v) is 19.0. The highest BCUT2D eigenvalue weighted by molar-refractivity contribution is 7.47. The summed E-state index contributed by atoms with van der Waals surface area (Å²) in [6.45, 7) is 40.7. The molecule has 0 amide bonds. The van der Waals surface area contributed by atoms with Gasteiger partial charge in [-0.25, -0.2) is 0 Å². The van der Waals surface area contributed by atoms with E-state index in [9.17, 15) is 0 Å². The lowest BCUT2D eigenvalue weighted by molar-refractivity contribution is 0.474. The van der Waals surface area contributed by atoms with Crippen LogP contribution in [0.15, 0.2) is 10.8 Å². The smallest absolute Gasteiger partial charge is 0.0722 e. The van der Waals surface area contributed by atoms with Gasteiger partial charge in [0.2, 0.25) is 0 Å². The third-order valence-corrected chi connectivity index (χ3v) is 30.9. The summed E-state index contributed by atoms with van der Waals surface area (Å²) in [6.07, 6.45) is 0. The molecule has 0 nitrogen and oxygen atoms in total. The molecule has 0 aromatic carbocycles. The summed E-state index contributed by atoms with van der Waals surface area (Å²) in [7, 11) is -3.54. The van der Waals surface area contributed by atoms with Gasteiger partial charge in [-0.15, -0.1) is 0 Å². The van der Waals surface area contributed by atoms with E-state index in [-0.39, 0.29) is 5.41 Å². The summed E-state index contributed by atoms with van der Waals surface area (Å²) in [4.78, 5) is 2.03. The highest BCUT2D eigenvalue weighted by Crippen LogP contribution is 2.53. The first-order valence-electron chi connectivity index (χ1n) is 10.5. The van der Waals surface area contributed by atoms with Gasteiger partial charge in [0, 0.05) is 7.93 Å². The van der Waals surface area contributed by atoms with Crippen molar-refractivity contribution >= 4 is 28.4 Å². The monoisotopic (exact) mass is 408 g/mol. The normalized spacial score (nSPS) is 18.5. The molecule has 0 atom stereocenters. The van der Waals surface area contributed by atoms with Crippen molar-refractivity contribution in [2.45, 2.75) is 119 Å². The molecule has 0 spiro atoms. The molecule has 0 aromatic heterocycles. The molecule has 1 aliphatic rings. The maximum Gasteiger partial charge on any atom is 0.0806 e. The Morgan fingerprint density at radius 1 is 0.577 bits per heavy atom. The van der Waals surface area contributed by atoms with Gasteiger partial charge in [-0.1, -0.05) is 119 Å². The molecule has 1 aliphatic heterocycles. The first kappa shape index (κ1) is 24.3. The molecule has 0 saturated carbocycles. The number of allylic oxidation sites excluding steroid dienone is 2. The fraction of sp³-hybridized carbons (Fsp3) is 0.870. The molecule has 0 radical (unpaired) electrons. The second-order valence-corrected chi connectivity index (χ2v) is 31.2. The number of hydrogen-bond acceptors (Lipinski definition) is 0. The van der Waals surface area contributed by atoms with Crippen molar-refractivity contribution in [2.24, 2.45) is 10.8 Å². The van der Waals surface area contributed by atoms with Crippen molar-refractivity contribution in [3.8, 4) is 0 Å². The van der Waals surface area contributed by atoms with Crippen LogP contribution >= 0.6 is 0 Å². The third-order valence-electron chi connectivity index (χ3n) is 7.50. The minimum absolute atomic E-state index is 0.268. The van der Waals surface area contributed by atoms with Gasteiger partial charge < -0.3 is 0 Å². The molecule has 1 heterocycles. The summed E-state index contributed by atoms with van der Waals surface area (Å²) in [5, 5.41) is 2.77. The third kappa shape index (κ3) is 3.87. The molecule has 0 saturated heterocycles. The zero-order valence-corrected chi connectivity index (χ0v) is 24.0. The molecule has 26 heavy (non-hydrogen) atoms. The molecule has 1 rings (SSSR count). The second-order valence-electron chi connectivity index (χ2n) is 13.8. The zero-order valence-electron chi connectivity index (χ0n) is 21.0. The lowest BCUT2D eigenvalue weighted by atomic mass is 9.81. The van der Waals surface area contributed by atoms with E-state index in [4.69, 9.17) is 0 Å². The maximum atomic E-state index is 2.71. The summed E-state index contributed by atoms with van der Waals surface area (Å²) < 4.78 is 0. The lowest BCUT2D eigenvalue weighted by Crippen LogP contribution is -2.67. The van der Waals surface area contributed by atoms with E-state index in [1.54, 1.807) is 5.57 Å². The number of rotatable bonds is 2. The van der Waals surface area contributed by atoms with E-state index in [0.717, 1.165) is 0 Å². The fourth-order valence-electron chi connectivity index (χ4n) is 3.94. The van der Waals surface area contributed by atoms with Gasteiger partial charge in [0.25, 0.3) is 0 Å².